The van der Waals surface area contributed by atoms with E-state index in [9.17, 15) is 9.65 Å². The Hall–Kier alpha value is -5.46. The number of nitrogens with zero attached hydrogens (tertiary/aromatic N) is 9. The number of nitrogens with one attached hydrogen (secondary N) is 1. The van der Waals surface area contributed by atoms with Gasteiger partial charge in [-0.25, -0.2) is 29.3 Å². The maximum absolute atomic E-state index is 14.4. The van der Waals surface area contributed by atoms with Gasteiger partial charge in [-0.3, -0.25) is 9.47 Å². The fourth-order valence-corrected chi connectivity index (χ4v) is 5.04. The number of nitrogen functional groups attached to an aromatic ring is 1. The fourth-order valence-electron chi connectivity index (χ4n) is 5.04. The third-order valence-corrected chi connectivity index (χ3v) is 7.07. The Morgan fingerprint density at radius 2 is 1.78 bits per heavy atom. The number of anilines is 2. The molecular formula is C29H24FN11. The van der Waals surface area contributed by atoms with E-state index in [-0.39, 0.29) is 23.4 Å². The number of imidazole rings is 1. The second-order valence-corrected chi connectivity index (χ2v) is 9.72. The average molecular weight is 546 g/mol. The first-order valence-electron chi connectivity index (χ1n) is 13.0. The van der Waals surface area contributed by atoms with Crippen LogP contribution in [0.4, 0.5) is 16.0 Å². The molecular weight excluding hydrogens is 521 g/mol. The Bertz CT molecular complexity index is 1810. The highest BCUT2D eigenvalue weighted by atomic mass is 19.1. The van der Waals surface area contributed by atoms with Crippen LogP contribution >= 0.6 is 0 Å². The lowest BCUT2D eigenvalue weighted by molar-refractivity contribution is 0.211. The molecule has 202 valence electrons. The number of halogens is 1. The van der Waals surface area contributed by atoms with Gasteiger partial charge in [0.25, 0.3) is 0 Å². The molecule has 3 N–H and O–H groups in total. The smallest absolute Gasteiger partial charge is 0.234 e. The van der Waals surface area contributed by atoms with Gasteiger partial charge in [-0.05, 0) is 48.7 Å². The van der Waals surface area contributed by atoms with Crippen LogP contribution in [-0.2, 0) is 6.54 Å². The van der Waals surface area contributed by atoms with E-state index in [1.54, 1.807) is 35.2 Å². The van der Waals surface area contributed by atoms with Crippen LogP contribution in [0.3, 0.4) is 0 Å². The molecule has 0 aliphatic carbocycles. The molecule has 5 aromatic rings. The minimum atomic E-state index is -0.728. The van der Waals surface area contributed by atoms with E-state index in [1.807, 2.05) is 36.4 Å². The van der Waals surface area contributed by atoms with Gasteiger partial charge < -0.3 is 11.1 Å². The first-order valence-corrected chi connectivity index (χ1v) is 13.0. The van der Waals surface area contributed by atoms with Gasteiger partial charge in [0.05, 0.1) is 5.56 Å². The Labute approximate surface area is 234 Å². The van der Waals surface area contributed by atoms with Crippen molar-refractivity contribution in [1.29, 1.82) is 10.5 Å². The summed E-state index contributed by atoms with van der Waals surface area (Å²) in [5.74, 6) is 0.840. The Kier molecular flexibility index (Phi) is 6.90. The van der Waals surface area contributed by atoms with Crippen molar-refractivity contribution < 1.29 is 4.39 Å². The summed E-state index contributed by atoms with van der Waals surface area (Å²) in [6.07, 6.45) is 5.07. The standard InChI is InChI=1S/C29H24FN11/c30-22-14-23-29(38-24(22)15-31)41(28(37-23)21-2-1-10-35-27(21)33)20-5-3-18(4-6-20)17-40-12-8-19(9-13-40)36-25-7-11-34-26(16-32)39-25/h1-7,10-11,14,19H,8-9,12-13,17H2,(H2,33,35)(H,34,36,39). The molecule has 12 heteroatoms. The number of nitrogens with two attached hydrogens (primary N) is 1. The van der Waals surface area contributed by atoms with Crippen LogP contribution < -0.4 is 11.1 Å². The lowest BCUT2D eigenvalue weighted by Crippen LogP contribution is -2.38. The molecule has 1 saturated heterocycles. The molecule has 6 rings (SSSR count). The molecule has 0 saturated carbocycles. The summed E-state index contributed by atoms with van der Waals surface area (Å²) in [7, 11) is 0. The molecule has 4 aromatic heterocycles. The largest absolute Gasteiger partial charge is 0.383 e. The van der Waals surface area contributed by atoms with Gasteiger partial charge in [-0.2, -0.15) is 10.5 Å². The van der Waals surface area contributed by atoms with Crippen molar-refractivity contribution in [2.45, 2.75) is 25.4 Å². The van der Waals surface area contributed by atoms with Crippen LogP contribution in [0, 0.1) is 28.5 Å². The molecule has 1 aromatic carbocycles. The number of rotatable bonds is 6. The summed E-state index contributed by atoms with van der Waals surface area (Å²) in [5.41, 5.74) is 8.99. The molecule has 0 unspecified atom stereocenters. The predicted octanol–water partition coefficient (Wildman–Crippen LogP) is 3.81. The zero-order chi connectivity index (χ0) is 28.3. The van der Waals surface area contributed by atoms with Crippen LogP contribution in [0.5, 0.6) is 0 Å². The minimum Gasteiger partial charge on any atom is -0.383 e. The van der Waals surface area contributed by atoms with E-state index in [1.165, 1.54) is 6.07 Å². The number of likely N-dealkylation sites (tertiary alicyclic amines) is 1. The summed E-state index contributed by atoms with van der Waals surface area (Å²) in [5, 5.41) is 21.8. The number of hydrogen-bond acceptors (Lipinski definition) is 10. The van der Waals surface area contributed by atoms with E-state index < -0.39 is 5.82 Å². The van der Waals surface area contributed by atoms with E-state index in [0.717, 1.165) is 43.7 Å². The second-order valence-electron chi connectivity index (χ2n) is 9.72. The normalized spacial score (nSPS) is 14.0. The van der Waals surface area contributed by atoms with Gasteiger partial charge in [0, 0.05) is 49.8 Å². The Balaban J connectivity index is 1.21. The first kappa shape index (κ1) is 25.8. The molecule has 1 fully saturated rings. The number of pyridine rings is 2. The van der Waals surface area contributed by atoms with Crippen LogP contribution in [-0.4, -0.2) is 53.5 Å². The fraction of sp³-hybridized carbons (Fsp3) is 0.207. The minimum absolute atomic E-state index is 0.157. The van der Waals surface area contributed by atoms with Crippen molar-refractivity contribution in [1.82, 2.24) is 34.4 Å². The average Bonchev–Trinajstić information content (AvgIpc) is 3.36. The lowest BCUT2D eigenvalue weighted by Gasteiger charge is -2.32. The van der Waals surface area contributed by atoms with E-state index in [4.69, 9.17) is 11.0 Å². The third-order valence-electron chi connectivity index (χ3n) is 7.07. The van der Waals surface area contributed by atoms with Crippen molar-refractivity contribution in [3.8, 4) is 29.2 Å². The zero-order valence-electron chi connectivity index (χ0n) is 21.9. The van der Waals surface area contributed by atoms with Gasteiger partial charge in [0.15, 0.2) is 23.0 Å². The van der Waals surface area contributed by atoms with Gasteiger partial charge in [0.2, 0.25) is 5.82 Å². The molecule has 11 nitrogen and oxygen atoms in total. The van der Waals surface area contributed by atoms with Gasteiger partial charge in [0.1, 0.15) is 29.3 Å². The highest BCUT2D eigenvalue weighted by Crippen LogP contribution is 2.31. The maximum atomic E-state index is 14.4. The Morgan fingerprint density at radius 1 is 0.976 bits per heavy atom. The summed E-state index contributed by atoms with van der Waals surface area (Å²) >= 11 is 0. The topological polar surface area (TPSA) is 158 Å². The van der Waals surface area contributed by atoms with Crippen molar-refractivity contribution in [3.05, 3.63) is 83.8 Å². The number of piperidine rings is 1. The van der Waals surface area contributed by atoms with Crippen LogP contribution in [0.2, 0.25) is 0 Å². The molecule has 0 amide bonds. The zero-order valence-corrected chi connectivity index (χ0v) is 21.9. The second kappa shape index (κ2) is 11.0. The molecule has 5 heterocycles. The van der Waals surface area contributed by atoms with Crippen LogP contribution in [0.1, 0.15) is 29.9 Å². The van der Waals surface area contributed by atoms with E-state index >= 15 is 0 Å². The van der Waals surface area contributed by atoms with Gasteiger partial charge >= 0.3 is 0 Å². The molecule has 1 aliphatic heterocycles. The third kappa shape index (κ3) is 5.24. The predicted molar refractivity (Wildman–Crippen MR) is 150 cm³/mol. The quantitative estimate of drug-likeness (QED) is 0.321. The molecule has 0 radical (unpaired) electrons. The van der Waals surface area contributed by atoms with E-state index in [0.29, 0.717) is 28.4 Å². The molecule has 41 heavy (non-hydrogen) atoms. The molecule has 0 atom stereocenters. The first-order chi connectivity index (χ1) is 20.0. The van der Waals surface area contributed by atoms with Crippen molar-refractivity contribution in [3.63, 3.8) is 0 Å². The summed E-state index contributed by atoms with van der Waals surface area (Å²) in [6.45, 7) is 2.62. The summed E-state index contributed by atoms with van der Waals surface area (Å²) in [4.78, 5) is 23.6. The van der Waals surface area contributed by atoms with Crippen LogP contribution in [0.25, 0.3) is 28.2 Å². The van der Waals surface area contributed by atoms with Crippen molar-refractivity contribution in [2.24, 2.45) is 0 Å². The SMILES string of the molecule is N#Cc1nccc(NC2CCN(Cc3ccc(-n4c(-c5cccnc5N)nc5cc(F)c(C#N)nc54)cc3)CC2)n1. The number of hydrogen-bond donors (Lipinski definition) is 2. The van der Waals surface area contributed by atoms with Gasteiger partial charge in [-0.15, -0.1) is 0 Å². The number of fused-ring (bicyclic) bond motifs is 1. The maximum Gasteiger partial charge on any atom is 0.234 e. The van der Waals surface area contributed by atoms with Crippen LogP contribution in [0.15, 0.2) is 60.9 Å². The number of aromatic nitrogens is 6. The molecule has 0 bridgehead atoms. The molecule has 0 spiro atoms. The Morgan fingerprint density at radius 3 is 2.51 bits per heavy atom. The monoisotopic (exact) mass is 545 g/mol. The highest BCUT2D eigenvalue weighted by molar-refractivity contribution is 5.83. The summed E-state index contributed by atoms with van der Waals surface area (Å²) < 4.78 is 16.2. The lowest BCUT2D eigenvalue weighted by atomic mass is 10.0. The van der Waals surface area contributed by atoms with Crippen molar-refractivity contribution in [2.75, 3.05) is 24.1 Å². The molecule has 1 aliphatic rings. The van der Waals surface area contributed by atoms with Gasteiger partial charge in [-0.1, -0.05) is 12.1 Å². The van der Waals surface area contributed by atoms with E-state index in [2.05, 4.69) is 35.1 Å². The number of nitriles is 2. The van der Waals surface area contributed by atoms with Crippen molar-refractivity contribution >= 4 is 22.8 Å². The number of benzene rings is 1. The summed E-state index contributed by atoms with van der Waals surface area (Å²) in [6, 6.07) is 18.6. The highest BCUT2D eigenvalue weighted by Gasteiger charge is 2.22.